The molecule has 0 spiro atoms. The lowest BCUT2D eigenvalue weighted by atomic mass is 10.1. The predicted octanol–water partition coefficient (Wildman–Crippen LogP) is -0.0418. The lowest BCUT2D eigenvalue weighted by Crippen LogP contribution is -2.41. The standard InChI is InChI=1S/C22H29N5O6/c1-24-14-17(21(30)26-6-10-32-11-7-26)15(19(24)28)4-3-5-16-18(23-25(2)20(16)29)22(31)27-8-12-33-13-9-27/h3-4,14,23,28H,5-13H2,1-2H3. The topological polar surface area (TPSA) is 122 Å². The molecule has 0 radical (unpaired) electrons. The molecule has 2 N–H and O–H groups in total. The second kappa shape index (κ2) is 9.67. The Hall–Kier alpha value is -3.31. The first-order valence-corrected chi connectivity index (χ1v) is 10.9. The van der Waals surface area contributed by atoms with E-state index in [0.717, 1.165) is 0 Å². The number of aromatic hydroxyl groups is 1. The fourth-order valence-electron chi connectivity index (χ4n) is 4.09. The smallest absolute Gasteiger partial charge is 0.272 e. The van der Waals surface area contributed by atoms with E-state index in [1.807, 2.05) is 0 Å². The molecular weight excluding hydrogens is 430 g/mol. The Kier molecular flexibility index (Phi) is 6.70. The van der Waals surface area contributed by atoms with Crippen molar-refractivity contribution in [3.8, 4) is 5.88 Å². The summed E-state index contributed by atoms with van der Waals surface area (Å²) in [5.74, 6) is -0.478. The Balaban J connectivity index is 1.57. The molecule has 33 heavy (non-hydrogen) atoms. The number of rotatable bonds is 5. The number of aromatic nitrogens is 3. The van der Waals surface area contributed by atoms with Crippen molar-refractivity contribution in [1.29, 1.82) is 0 Å². The number of carbonyl (C=O) groups is 2. The summed E-state index contributed by atoms with van der Waals surface area (Å²) < 4.78 is 13.4. The summed E-state index contributed by atoms with van der Waals surface area (Å²) in [5.41, 5.74) is 1.04. The molecule has 0 bridgehead atoms. The Morgan fingerprint density at radius 1 is 1.03 bits per heavy atom. The lowest BCUT2D eigenvalue weighted by molar-refractivity contribution is 0.0297. The Bertz CT molecular complexity index is 1120. The quantitative estimate of drug-likeness (QED) is 0.647. The van der Waals surface area contributed by atoms with E-state index in [1.54, 1.807) is 42.2 Å². The number of H-pyrrole nitrogens is 1. The van der Waals surface area contributed by atoms with Gasteiger partial charge in [0.1, 0.15) is 5.69 Å². The van der Waals surface area contributed by atoms with Crippen LogP contribution in [0.1, 0.15) is 32.0 Å². The molecule has 4 heterocycles. The highest BCUT2D eigenvalue weighted by molar-refractivity contribution is 5.99. The van der Waals surface area contributed by atoms with Crippen molar-refractivity contribution in [1.82, 2.24) is 24.1 Å². The molecule has 11 nitrogen and oxygen atoms in total. The van der Waals surface area contributed by atoms with E-state index in [9.17, 15) is 19.5 Å². The fraction of sp³-hybridized carbons (Fsp3) is 0.500. The number of ether oxygens (including phenoxy) is 2. The van der Waals surface area contributed by atoms with Crippen LogP contribution in [0.2, 0.25) is 0 Å². The third kappa shape index (κ3) is 4.60. The zero-order chi connectivity index (χ0) is 23.5. The molecule has 2 aromatic rings. The van der Waals surface area contributed by atoms with E-state index in [4.69, 9.17) is 9.47 Å². The summed E-state index contributed by atoms with van der Waals surface area (Å²) in [5, 5.41) is 13.4. The third-order valence-corrected chi connectivity index (χ3v) is 5.98. The summed E-state index contributed by atoms with van der Waals surface area (Å²) in [6.07, 6.45) is 5.07. The van der Waals surface area contributed by atoms with Crippen molar-refractivity contribution in [2.75, 3.05) is 52.6 Å². The number of nitrogens with zero attached hydrogens (tertiary/aromatic N) is 4. The second-order valence-corrected chi connectivity index (χ2v) is 8.14. The Morgan fingerprint density at radius 3 is 2.21 bits per heavy atom. The van der Waals surface area contributed by atoms with Crippen LogP contribution in [0.3, 0.4) is 0 Å². The van der Waals surface area contributed by atoms with Gasteiger partial charge in [0.15, 0.2) is 5.88 Å². The third-order valence-electron chi connectivity index (χ3n) is 5.98. The molecule has 2 aliphatic heterocycles. The Morgan fingerprint density at radius 2 is 1.61 bits per heavy atom. The maximum atomic E-state index is 13.0. The van der Waals surface area contributed by atoms with Crippen LogP contribution in [0.15, 0.2) is 17.1 Å². The molecular formula is C22H29N5O6. The van der Waals surface area contributed by atoms with Crippen LogP contribution in [0, 0.1) is 0 Å². The summed E-state index contributed by atoms with van der Waals surface area (Å²) >= 11 is 0. The number of hydrogen-bond acceptors (Lipinski definition) is 6. The molecule has 2 aromatic heterocycles. The van der Waals surface area contributed by atoms with Crippen molar-refractivity contribution in [2.45, 2.75) is 6.42 Å². The minimum absolute atomic E-state index is 0.0468. The first-order chi connectivity index (χ1) is 15.9. The minimum atomic E-state index is -0.293. The van der Waals surface area contributed by atoms with Crippen molar-refractivity contribution >= 4 is 17.9 Å². The van der Waals surface area contributed by atoms with Gasteiger partial charge in [0.25, 0.3) is 17.4 Å². The average molecular weight is 460 g/mol. The van der Waals surface area contributed by atoms with Gasteiger partial charge in [-0.15, -0.1) is 0 Å². The van der Waals surface area contributed by atoms with Crippen LogP contribution in [-0.4, -0.2) is 93.7 Å². The number of carbonyl (C=O) groups excluding carboxylic acids is 2. The van der Waals surface area contributed by atoms with Crippen molar-refractivity contribution in [2.24, 2.45) is 14.1 Å². The largest absolute Gasteiger partial charge is 0.494 e. The van der Waals surface area contributed by atoms with Crippen LogP contribution in [-0.2, 0) is 30.0 Å². The highest BCUT2D eigenvalue weighted by Crippen LogP contribution is 2.26. The van der Waals surface area contributed by atoms with Crippen molar-refractivity contribution < 1.29 is 24.2 Å². The number of aromatic amines is 1. The number of nitrogens with one attached hydrogen (secondary N) is 1. The van der Waals surface area contributed by atoms with Gasteiger partial charge in [0.2, 0.25) is 0 Å². The SMILES string of the molecule is Cn1cc(C(=O)N2CCOCC2)c(C=CCc2c(C(=O)N3CCOCC3)[nH]n(C)c2=O)c1O. The highest BCUT2D eigenvalue weighted by Gasteiger charge is 2.26. The molecule has 2 fully saturated rings. The van der Waals surface area contributed by atoms with E-state index >= 15 is 0 Å². The fourth-order valence-corrected chi connectivity index (χ4v) is 4.09. The normalized spacial score (nSPS) is 17.2. The van der Waals surface area contributed by atoms with Gasteiger partial charge in [-0.2, -0.15) is 0 Å². The molecule has 2 amide bonds. The van der Waals surface area contributed by atoms with Crippen molar-refractivity contribution in [3.05, 3.63) is 45.0 Å². The van der Waals surface area contributed by atoms with Crippen LogP contribution < -0.4 is 5.56 Å². The number of allylic oxidation sites excluding steroid dienone is 1. The van der Waals surface area contributed by atoms with E-state index < -0.39 is 0 Å². The molecule has 4 rings (SSSR count). The summed E-state index contributed by atoms with van der Waals surface area (Å²) in [6.45, 7) is 3.80. The van der Waals surface area contributed by atoms with Gasteiger partial charge in [0, 0.05) is 52.0 Å². The van der Waals surface area contributed by atoms with Crippen LogP contribution in [0.4, 0.5) is 0 Å². The molecule has 0 aromatic carbocycles. The number of morpholine rings is 2. The van der Waals surface area contributed by atoms with Gasteiger partial charge in [-0.25, -0.2) is 0 Å². The predicted molar refractivity (Wildman–Crippen MR) is 119 cm³/mol. The summed E-state index contributed by atoms with van der Waals surface area (Å²) in [6, 6.07) is 0. The molecule has 2 saturated heterocycles. The first kappa shape index (κ1) is 22.9. The maximum absolute atomic E-state index is 13.0. The molecule has 0 unspecified atom stereocenters. The van der Waals surface area contributed by atoms with Crippen LogP contribution >= 0.6 is 0 Å². The van der Waals surface area contributed by atoms with Gasteiger partial charge in [-0.3, -0.25) is 24.2 Å². The van der Waals surface area contributed by atoms with Gasteiger partial charge < -0.3 is 28.9 Å². The number of hydrogen-bond donors (Lipinski definition) is 2. The molecule has 0 aliphatic carbocycles. The second-order valence-electron chi connectivity index (χ2n) is 8.14. The van der Waals surface area contributed by atoms with Crippen LogP contribution in [0.5, 0.6) is 5.88 Å². The lowest BCUT2D eigenvalue weighted by Gasteiger charge is -2.26. The molecule has 0 saturated carbocycles. The van der Waals surface area contributed by atoms with E-state index in [0.29, 0.717) is 69.3 Å². The molecule has 11 heteroatoms. The monoisotopic (exact) mass is 459 g/mol. The maximum Gasteiger partial charge on any atom is 0.272 e. The average Bonchev–Trinajstić information content (AvgIpc) is 3.29. The summed E-state index contributed by atoms with van der Waals surface area (Å²) in [4.78, 5) is 41.9. The van der Waals surface area contributed by atoms with Gasteiger partial charge in [0.05, 0.1) is 37.6 Å². The van der Waals surface area contributed by atoms with Crippen molar-refractivity contribution in [3.63, 3.8) is 0 Å². The minimum Gasteiger partial charge on any atom is -0.494 e. The molecule has 2 aliphatic rings. The zero-order valence-corrected chi connectivity index (χ0v) is 18.9. The van der Waals surface area contributed by atoms with Gasteiger partial charge >= 0.3 is 0 Å². The van der Waals surface area contributed by atoms with Gasteiger partial charge in [-0.05, 0) is 6.42 Å². The number of amides is 2. The summed E-state index contributed by atoms with van der Waals surface area (Å²) in [7, 11) is 3.22. The molecule has 0 atom stereocenters. The van der Waals surface area contributed by atoms with E-state index in [1.165, 1.54) is 9.25 Å². The van der Waals surface area contributed by atoms with Gasteiger partial charge in [-0.1, -0.05) is 12.2 Å². The molecule has 178 valence electrons. The first-order valence-electron chi connectivity index (χ1n) is 10.9. The van der Waals surface area contributed by atoms with Crippen LogP contribution in [0.25, 0.3) is 6.08 Å². The van der Waals surface area contributed by atoms with E-state index in [-0.39, 0.29) is 35.4 Å². The zero-order valence-electron chi connectivity index (χ0n) is 18.9. The highest BCUT2D eigenvalue weighted by atomic mass is 16.5. The number of aryl methyl sites for hydroxylation is 2. The van der Waals surface area contributed by atoms with E-state index in [2.05, 4.69) is 5.10 Å². The Labute approximate surface area is 190 Å².